The molecule has 3 heterocycles. The molecule has 0 saturated heterocycles. The van der Waals surface area contributed by atoms with Crippen molar-refractivity contribution < 1.29 is 27.0 Å². The van der Waals surface area contributed by atoms with E-state index in [0.29, 0.717) is 22.1 Å². The molecule has 0 bridgehead atoms. The molecule has 0 spiro atoms. The van der Waals surface area contributed by atoms with Crippen LogP contribution in [0.1, 0.15) is 18.3 Å². The smallest absolute Gasteiger partial charge is 0.356 e. The van der Waals surface area contributed by atoms with Gasteiger partial charge >= 0.3 is 16.8 Å². The molecule has 0 aliphatic heterocycles. The van der Waals surface area contributed by atoms with E-state index >= 15 is 0 Å². The molecule has 4 rings (SSSR count). The number of rotatable bonds is 0. The second kappa shape index (κ2) is 13.9. The summed E-state index contributed by atoms with van der Waals surface area (Å²) < 4.78 is 0. The number of hydrogen-bond donors (Lipinski definition) is 0. The molecule has 15 nitrogen and oxygen atoms in total. The number of pyridine rings is 2. The van der Waals surface area contributed by atoms with Crippen LogP contribution in [-0.2, 0) is 16.8 Å². The van der Waals surface area contributed by atoms with Crippen molar-refractivity contribution in [1.82, 2.24) is 19.9 Å². The predicted octanol–water partition coefficient (Wildman–Crippen LogP) is 2.52. The monoisotopic (exact) mass is 506 g/mol. The van der Waals surface area contributed by atoms with Crippen LogP contribution < -0.4 is 0 Å². The Hall–Kier alpha value is -5.24. The van der Waals surface area contributed by atoms with E-state index in [1.807, 2.05) is 24.3 Å². The maximum atomic E-state index is 9.16. The minimum atomic E-state index is -1.75. The molecule has 0 aliphatic rings. The third-order valence-electron chi connectivity index (χ3n) is 3.46. The van der Waals surface area contributed by atoms with Crippen molar-refractivity contribution in [3.8, 4) is 18.2 Å². The van der Waals surface area contributed by atoms with E-state index in [-0.39, 0.29) is 28.2 Å². The Balaban J connectivity index is 0.000000775. The van der Waals surface area contributed by atoms with Gasteiger partial charge in [-0.1, -0.05) is 0 Å². The Morgan fingerprint density at radius 1 is 0.735 bits per heavy atom. The van der Waals surface area contributed by atoms with Gasteiger partial charge in [-0.2, -0.15) is 15.8 Å². The van der Waals surface area contributed by atoms with Crippen molar-refractivity contribution in [2.45, 2.75) is 6.92 Å². The average molecular weight is 506 g/mol. The second-order valence-corrected chi connectivity index (χ2v) is 5.31. The van der Waals surface area contributed by atoms with E-state index in [9.17, 15) is 0 Å². The SMILES string of the molecule is CC#N.N#Cc1nc2c3cccnc3c3ncccc3c2nc1C#N.O=[N+]([O-])[O-].O=[N+]([O-])[O-].[Co+2]. The van der Waals surface area contributed by atoms with E-state index in [0.717, 1.165) is 10.8 Å². The first-order valence-corrected chi connectivity index (χ1v) is 8.28. The van der Waals surface area contributed by atoms with E-state index in [1.165, 1.54) is 6.92 Å². The van der Waals surface area contributed by atoms with Crippen molar-refractivity contribution in [1.29, 1.82) is 15.8 Å². The van der Waals surface area contributed by atoms with Crippen molar-refractivity contribution in [3.05, 3.63) is 78.7 Å². The fourth-order valence-corrected chi connectivity index (χ4v) is 2.54. The van der Waals surface area contributed by atoms with E-state index in [4.69, 9.17) is 46.4 Å². The van der Waals surface area contributed by atoms with Gasteiger partial charge < -0.3 is 30.6 Å². The summed E-state index contributed by atoms with van der Waals surface area (Å²) >= 11 is 0. The van der Waals surface area contributed by atoms with Crippen LogP contribution in [0.15, 0.2) is 36.7 Å². The summed E-state index contributed by atoms with van der Waals surface area (Å²) in [4.78, 5) is 33.9. The van der Waals surface area contributed by atoms with Gasteiger partial charge in [0.2, 0.25) is 0 Å². The third-order valence-corrected chi connectivity index (χ3v) is 3.46. The van der Waals surface area contributed by atoms with Gasteiger partial charge in [0, 0.05) is 30.1 Å². The Kier molecular flexibility index (Phi) is 11.8. The number of nitriles is 3. The van der Waals surface area contributed by atoms with Crippen LogP contribution in [0.4, 0.5) is 0 Å². The van der Waals surface area contributed by atoms with Crippen LogP contribution in [0.5, 0.6) is 0 Å². The van der Waals surface area contributed by atoms with Crippen LogP contribution in [0.2, 0.25) is 0 Å². The van der Waals surface area contributed by atoms with E-state index in [1.54, 1.807) is 30.6 Å². The fraction of sp³-hybridized carbons (Fsp3) is 0.0556. The molecule has 16 heteroatoms. The second-order valence-electron chi connectivity index (χ2n) is 5.31. The maximum Gasteiger partial charge on any atom is 2.00 e. The summed E-state index contributed by atoms with van der Waals surface area (Å²) in [6, 6.07) is 12.9. The molecule has 0 amide bonds. The maximum absolute atomic E-state index is 9.16. The molecule has 1 radical (unpaired) electrons. The Bertz CT molecular complexity index is 1350. The molecule has 0 N–H and O–H groups in total. The van der Waals surface area contributed by atoms with Gasteiger partial charge in [0.1, 0.15) is 23.2 Å². The Morgan fingerprint density at radius 2 is 1.03 bits per heavy atom. The number of nitrogens with zero attached hydrogens (tertiary/aromatic N) is 9. The topological polar surface area (TPSA) is 255 Å². The van der Waals surface area contributed by atoms with Gasteiger partial charge in [-0.05, 0) is 24.3 Å². The molecule has 0 fully saturated rings. The van der Waals surface area contributed by atoms with Crippen LogP contribution in [0, 0.1) is 64.6 Å². The van der Waals surface area contributed by atoms with Crippen molar-refractivity contribution in [2.75, 3.05) is 0 Å². The van der Waals surface area contributed by atoms with Crippen molar-refractivity contribution in [3.63, 3.8) is 0 Å². The number of benzene rings is 1. The quantitative estimate of drug-likeness (QED) is 0.189. The molecular weight excluding hydrogens is 497 g/mol. The summed E-state index contributed by atoms with van der Waals surface area (Å²) in [5, 5.41) is 56.7. The largest absolute Gasteiger partial charge is 2.00 e. The van der Waals surface area contributed by atoms with Gasteiger partial charge in [-0.25, -0.2) is 9.97 Å². The van der Waals surface area contributed by atoms with E-state index < -0.39 is 10.2 Å². The van der Waals surface area contributed by atoms with E-state index in [2.05, 4.69) is 19.9 Å². The average Bonchev–Trinajstić information content (AvgIpc) is 2.78. The number of fused-ring (bicyclic) bond motifs is 6. The molecule has 34 heavy (non-hydrogen) atoms. The molecule has 0 unspecified atom stereocenters. The minimum Gasteiger partial charge on any atom is -0.356 e. The first-order valence-electron chi connectivity index (χ1n) is 8.28. The molecular formula is C18H9CoN9O6. The predicted molar refractivity (Wildman–Crippen MR) is 112 cm³/mol. The third kappa shape index (κ3) is 7.47. The standard InChI is InChI=1S/C16H6N6.C2H3N.Co.2NO3/c17-7-11-12(8-18)22-16-10-4-2-6-20-14(10)13-9(15(16)21-11)3-1-5-19-13;1-2-3;;2*2-1(3)4/h1-6H;1H3;;;/q;;+2;2*-1. The van der Waals surface area contributed by atoms with Crippen LogP contribution in [-0.4, -0.2) is 30.1 Å². The van der Waals surface area contributed by atoms with Gasteiger partial charge in [-0.15, -0.1) is 0 Å². The summed E-state index contributed by atoms with van der Waals surface area (Å²) in [5.41, 5.74) is 2.55. The van der Waals surface area contributed by atoms with Gasteiger partial charge in [0.15, 0.2) is 11.4 Å². The molecule has 1 aromatic carbocycles. The molecule has 3 aromatic heterocycles. The molecule has 0 saturated carbocycles. The molecule has 171 valence electrons. The summed E-state index contributed by atoms with van der Waals surface area (Å²) in [5.74, 6) is 0. The van der Waals surface area contributed by atoms with Crippen LogP contribution in [0.3, 0.4) is 0 Å². The normalized spacial score (nSPS) is 8.53. The zero-order valence-electron chi connectivity index (χ0n) is 16.8. The Labute approximate surface area is 199 Å². The zero-order chi connectivity index (χ0) is 25.0. The first-order chi connectivity index (χ1) is 15.7. The number of hydrogen-bond acceptors (Lipinski definition) is 13. The summed E-state index contributed by atoms with van der Waals surface area (Å²) in [7, 11) is 0. The number of aromatic nitrogens is 4. The van der Waals surface area contributed by atoms with Crippen LogP contribution >= 0.6 is 0 Å². The molecule has 0 atom stereocenters. The zero-order valence-corrected chi connectivity index (χ0v) is 17.8. The summed E-state index contributed by atoms with van der Waals surface area (Å²) in [6.07, 6.45) is 3.37. The van der Waals surface area contributed by atoms with Crippen molar-refractivity contribution >= 4 is 32.8 Å². The van der Waals surface area contributed by atoms with Crippen LogP contribution in [0.25, 0.3) is 32.8 Å². The first kappa shape index (κ1) is 28.8. The van der Waals surface area contributed by atoms with Gasteiger partial charge in [-0.3, -0.25) is 9.97 Å². The fourth-order valence-electron chi connectivity index (χ4n) is 2.54. The van der Waals surface area contributed by atoms with Crippen molar-refractivity contribution in [2.24, 2.45) is 0 Å². The summed E-state index contributed by atoms with van der Waals surface area (Å²) in [6.45, 7) is 1.43. The van der Waals surface area contributed by atoms with Gasteiger partial charge in [0.05, 0.1) is 27.3 Å². The Morgan fingerprint density at radius 3 is 1.29 bits per heavy atom. The molecule has 4 aromatic rings. The molecule has 0 aliphatic carbocycles. The minimum absolute atomic E-state index is 0. The van der Waals surface area contributed by atoms with Gasteiger partial charge in [0.25, 0.3) is 0 Å².